The number of halogens is 3. The number of hydrogen-bond donors (Lipinski definition) is 1. The third kappa shape index (κ3) is 1.36. The lowest BCUT2D eigenvalue weighted by Gasteiger charge is -2.01. The molecule has 0 bridgehead atoms. The van der Waals surface area contributed by atoms with Gasteiger partial charge in [-0.25, -0.2) is 18.3 Å². The molecule has 5 nitrogen and oxygen atoms in total. The molecule has 8 heteroatoms. The summed E-state index contributed by atoms with van der Waals surface area (Å²) in [6.45, 7) is 0. The molecule has 1 unspecified atom stereocenters. The molecule has 0 spiro atoms. The van der Waals surface area contributed by atoms with Crippen molar-refractivity contribution >= 4 is 23.1 Å². The Kier molecular flexibility index (Phi) is 2.04. The quantitative estimate of drug-likeness (QED) is 0.858. The van der Waals surface area contributed by atoms with E-state index < -0.39 is 11.8 Å². The van der Waals surface area contributed by atoms with E-state index in [0.29, 0.717) is 5.52 Å². The van der Waals surface area contributed by atoms with Crippen LogP contribution in [-0.4, -0.2) is 20.5 Å². The summed E-state index contributed by atoms with van der Waals surface area (Å²) in [6, 6.07) is 1.84. The van der Waals surface area contributed by atoms with Crippen molar-refractivity contribution in [3.63, 3.8) is 0 Å². The summed E-state index contributed by atoms with van der Waals surface area (Å²) in [6.07, 6.45) is 1.00. The summed E-state index contributed by atoms with van der Waals surface area (Å²) in [5.41, 5.74) is 5.85. The molecule has 1 aliphatic carbocycles. The van der Waals surface area contributed by atoms with Gasteiger partial charge >= 0.3 is 0 Å². The fourth-order valence-electron chi connectivity index (χ4n) is 1.98. The van der Waals surface area contributed by atoms with Crippen molar-refractivity contribution in [2.24, 2.45) is 0 Å². The maximum Gasteiger partial charge on any atom is 0.257 e. The van der Waals surface area contributed by atoms with Crippen LogP contribution in [0.5, 0.6) is 0 Å². The number of nitriles is 1. The Morgan fingerprint density at radius 2 is 2.28 bits per heavy atom. The van der Waals surface area contributed by atoms with E-state index in [1.54, 1.807) is 0 Å². The van der Waals surface area contributed by atoms with E-state index in [1.165, 1.54) is 10.7 Å². The Hall–Kier alpha value is -1.94. The molecule has 0 radical (unpaired) electrons. The summed E-state index contributed by atoms with van der Waals surface area (Å²) < 4.78 is 27.6. The van der Waals surface area contributed by atoms with Crippen LogP contribution in [0.1, 0.15) is 23.6 Å². The van der Waals surface area contributed by atoms with Gasteiger partial charge in [-0.1, -0.05) is 11.6 Å². The van der Waals surface area contributed by atoms with Gasteiger partial charge in [0.15, 0.2) is 0 Å². The molecule has 18 heavy (non-hydrogen) atoms. The lowest BCUT2D eigenvalue weighted by atomic mass is 10.2. The van der Waals surface area contributed by atoms with Gasteiger partial charge in [-0.05, 0) is 0 Å². The number of rotatable bonds is 1. The largest absolute Gasteiger partial charge is 0.367 e. The molecule has 0 aromatic carbocycles. The molecule has 2 aromatic rings. The van der Waals surface area contributed by atoms with Crippen LogP contribution in [0.15, 0.2) is 6.20 Å². The van der Waals surface area contributed by atoms with Gasteiger partial charge in [-0.3, -0.25) is 0 Å². The van der Waals surface area contributed by atoms with Crippen LogP contribution >= 0.6 is 11.6 Å². The molecule has 2 aromatic heterocycles. The van der Waals surface area contributed by atoms with Crippen molar-refractivity contribution < 1.29 is 8.78 Å². The van der Waals surface area contributed by atoms with E-state index in [0.717, 1.165) is 0 Å². The van der Waals surface area contributed by atoms with Crippen LogP contribution in [0.3, 0.4) is 0 Å². The van der Waals surface area contributed by atoms with Gasteiger partial charge < -0.3 is 5.73 Å². The molecule has 1 atom stereocenters. The first kappa shape index (κ1) is 11.2. The lowest BCUT2D eigenvalue weighted by molar-refractivity contribution is 0.111. The Morgan fingerprint density at radius 3 is 2.83 bits per heavy atom. The van der Waals surface area contributed by atoms with Gasteiger partial charge in [0.1, 0.15) is 11.6 Å². The summed E-state index contributed by atoms with van der Waals surface area (Å²) in [4.78, 5) is 3.74. The smallest absolute Gasteiger partial charge is 0.257 e. The number of fused-ring (bicyclic) bond motifs is 1. The summed E-state index contributed by atoms with van der Waals surface area (Å²) in [7, 11) is 0. The molecule has 0 aliphatic heterocycles. The van der Waals surface area contributed by atoms with E-state index >= 15 is 0 Å². The van der Waals surface area contributed by atoms with Crippen molar-refractivity contribution in [1.29, 1.82) is 5.26 Å². The van der Waals surface area contributed by atoms with Crippen LogP contribution in [0, 0.1) is 11.3 Å². The molecule has 2 N–H and O–H groups in total. The maximum absolute atomic E-state index is 13.2. The number of aromatic nitrogens is 3. The van der Waals surface area contributed by atoms with Gasteiger partial charge in [0.05, 0.1) is 28.4 Å². The second-order valence-corrected chi connectivity index (χ2v) is 4.50. The first-order valence-corrected chi connectivity index (χ1v) is 5.44. The average molecular weight is 270 g/mol. The van der Waals surface area contributed by atoms with Gasteiger partial charge in [0, 0.05) is 6.42 Å². The van der Waals surface area contributed by atoms with Crippen LogP contribution in [0.4, 0.5) is 14.7 Å². The molecule has 1 aliphatic rings. The number of nitrogens with zero attached hydrogens (tertiary/aromatic N) is 4. The second kappa shape index (κ2) is 3.29. The molecule has 0 amide bonds. The summed E-state index contributed by atoms with van der Waals surface area (Å²) >= 11 is 5.97. The Bertz CT molecular complexity index is 702. The summed E-state index contributed by atoms with van der Waals surface area (Å²) in [5.74, 6) is -3.92. The number of alkyl halides is 2. The van der Waals surface area contributed by atoms with Crippen molar-refractivity contribution in [1.82, 2.24) is 14.6 Å². The molecular formula is C10H6ClF2N5. The normalized spacial score (nSPS) is 20.9. The summed E-state index contributed by atoms with van der Waals surface area (Å²) in [5, 5.41) is 13.0. The lowest BCUT2D eigenvalue weighted by Crippen LogP contribution is -2.05. The third-order valence-corrected chi connectivity index (χ3v) is 3.33. The Balaban J connectivity index is 2.35. The molecule has 1 saturated carbocycles. The predicted molar refractivity (Wildman–Crippen MR) is 59.4 cm³/mol. The number of hydrogen-bond acceptors (Lipinski definition) is 4. The monoisotopic (exact) mass is 269 g/mol. The first-order chi connectivity index (χ1) is 8.45. The van der Waals surface area contributed by atoms with E-state index in [2.05, 4.69) is 10.1 Å². The molecule has 0 saturated heterocycles. The zero-order chi connectivity index (χ0) is 13.1. The van der Waals surface area contributed by atoms with E-state index in [9.17, 15) is 8.78 Å². The molecule has 2 heterocycles. The minimum Gasteiger partial charge on any atom is -0.367 e. The Labute approximate surface area is 105 Å². The highest BCUT2D eigenvalue weighted by Gasteiger charge is 2.60. The highest BCUT2D eigenvalue weighted by Crippen LogP contribution is 2.57. The number of nitrogens with two attached hydrogens (primary N) is 1. The highest BCUT2D eigenvalue weighted by atomic mass is 35.5. The van der Waals surface area contributed by atoms with Gasteiger partial charge in [-0.15, -0.1) is 5.10 Å². The van der Waals surface area contributed by atoms with E-state index in [4.69, 9.17) is 22.6 Å². The highest BCUT2D eigenvalue weighted by molar-refractivity contribution is 6.35. The van der Waals surface area contributed by atoms with Crippen LogP contribution in [0.2, 0.25) is 5.02 Å². The van der Waals surface area contributed by atoms with Crippen molar-refractivity contribution in [2.45, 2.75) is 18.3 Å². The van der Waals surface area contributed by atoms with E-state index in [-0.39, 0.29) is 28.6 Å². The third-order valence-electron chi connectivity index (χ3n) is 2.95. The minimum absolute atomic E-state index is 0.0127. The predicted octanol–water partition coefficient (Wildman–Crippen LogP) is 1.96. The van der Waals surface area contributed by atoms with Gasteiger partial charge in [0.25, 0.3) is 5.92 Å². The first-order valence-electron chi connectivity index (χ1n) is 5.06. The number of nitrogen functional groups attached to an aromatic ring is 1. The molecular weight excluding hydrogens is 264 g/mol. The van der Waals surface area contributed by atoms with Crippen molar-refractivity contribution in [3.8, 4) is 6.07 Å². The fourth-order valence-corrected chi connectivity index (χ4v) is 2.25. The van der Waals surface area contributed by atoms with E-state index in [1.807, 2.05) is 6.07 Å². The topological polar surface area (TPSA) is 80.0 Å². The van der Waals surface area contributed by atoms with Crippen LogP contribution in [0.25, 0.3) is 5.52 Å². The fraction of sp³-hybridized carbons (Fsp3) is 0.300. The molecule has 3 rings (SSSR count). The molecule has 92 valence electrons. The Morgan fingerprint density at radius 1 is 1.61 bits per heavy atom. The zero-order valence-electron chi connectivity index (χ0n) is 8.86. The van der Waals surface area contributed by atoms with Gasteiger partial charge in [0.2, 0.25) is 5.95 Å². The second-order valence-electron chi connectivity index (χ2n) is 4.12. The minimum atomic E-state index is -2.82. The average Bonchev–Trinajstić information content (AvgIpc) is 2.83. The molecule has 1 fully saturated rings. The maximum atomic E-state index is 13.2. The van der Waals surface area contributed by atoms with Crippen LogP contribution in [-0.2, 0) is 0 Å². The van der Waals surface area contributed by atoms with Crippen molar-refractivity contribution in [2.75, 3.05) is 5.73 Å². The van der Waals surface area contributed by atoms with Crippen LogP contribution < -0.4 is 5.73 Å². The zero-order valence-corrected chi connectivity index (χ0v) is 9.62. The van der Waals surface area contributed by atoms with Crippen molar-refractivity contribution in [3.05, 3.63) is 22.5 Å². The number of anilines is 1. The standard InChI is InChI=1S/C10H6ClF2N5/c11-7-4(2-14)8(5-1-10(5,12)13)18-6(7)3-16-9(15)17-18/h3,5H,1H2,(H2,15,17). The SMILES string of the molecule is N#Cc1c(Cl)c2cnc(N)nn2c1C1CC1(F)F. The van der Waals surface area contributed by atoms with Gasteiger partial charge in [-0.2, -0.15) is 5.26 Å².